The van der Waals surface area contributed by atoms with Crippen molar-refractivity contribution in [3.63, 3.8) is 0 Å². The molecule has 1 N–H and O–H groups in total. The zero-order valence-corrected chi connectivity index (χ0v) is 16.2. The van der Waals surface area contributed by atoms with Crippen molar-refractivity contribution in [2.45, 2.75) is 30.8 Å². The molecule has 1 aromatic heterocycles. The lowest BCUT2D eigenvalue weighted by atomic mass is 10.2. The first-order valence-corrected chi connectivity index (χ1v) is 10.0. The zero-order chi connectivity index (χ0) is 19.6. The number of benzene rings is 1. The monoisotopic (exact) mass is 394 g/mol. The van der Waals surface area contributed by atoms with Gasteiger partial charge >= 0.3 is 0 Å². The highest BCUT2D eigenvalue weighted by atomic mass is 32.2. The third kappa shape index (κ3) is 4.02. The third-order valence-electron chi connectivity index (χ3n) is 4.24. The van der Waals surface area contributed by atoms with Gasteiger partial charge in [0.05, 0.1) is 11.5 Å². The van der Waals surface area contributed by atoms with Crippen molar-refractivity contribution < 1.29 is 22.4 Å². The van der Waals surface area contributed by atoms with Crippen LogP contribution >= 0.6 is 0 Å². The second-order valence-electron chi connectivity index (χ2n) is 6.46. The Balaban J connectivity index is 1.78. The van der Waals surface area contributed by atoms with E-state index in [1.54, 1.807) is 0 Å². The van der Waals surface area contributed by atoms with Crippen LogP contribution in [0.4, 0.5) is 0 Å². The van der Waals surface area contributed by atoms with Gasteiger partial charge in [0.1, 0.15) is 6.10 Å². The number of sulfonamides is 1. The minimum Gasteiger partial charge on any atom is -0.422 e. The van der Waals surface area contributed by atoms with Crippen LogP contribution in [0.1, 0.15) is 48.0 Å². The summed E-state index contributed by atoms with van der Waals surface area (Å²) in [6.45, 7) is 4.39. The number of nitrogens with zero attached hydrogens (tertiary/aromatic N) is 3. The predicted octanol–water partition coefficient (Wildman–Crippen LogP) is 1.31. The Hall–Kier alpha value is -2.30. The second-order valence-corrected chi connectivity index (χ2v) is 8.40. The molecule has 0 aliphatic carbocycles. The Morgan fingerprint density at radius 3 is 2.56 bits per heavy atom. The highest BCUT2D eigenvalue weighted by Gasteiger charge is 2.34. The number of carbonyl (C=O) groups excluding carboxylic acids is 1. The number of morpholine rings is 1. The normalized spacial score (nSPS) is 18.6. The van der Waals surface area contributed by atoms with Gasteiger partial charge in [-0.1, -0.05) is 13.8 Å². The number of amides is 1. The lowest BCUT2D eigenvalue weighted by molar-refractivity contribution is -0.0179. The van der Waals surface area contributed by atoms with Crippen molar-refractivity contribution in [3.05, 3.63) is 41.6 Å². The Morgan fingerprint density at radius 1 is 1.26 bits per heavy atom. The molecule has 1 saturated heterocycles. The van der Waals surface area contributed by atoms with Crippen LogP contribution in [0, 0.1) is 0 Å². The molecule has 3 rings (SSSR count). The average Bonchev–Trinajstić information content (AvgIpc) is 3.18. The molecular formula is C17H22N4O5S. The van der Waals surface area contributed by atoms with E-state index in [9.17, 15) is 13.2 Å². The molecule has 0 bridgehead atoms. The van der Waals surface area contributed by atoms with Gasteiger partial charge in [-0.25, -0.2) is 8.42 Å². The van der Waals surface area contributed by atoms with Crippen LogP contribution in [-0.2, 0) is 14.8 Å². The summed E-state index contributed by atoms with van der Waals surface area (Å²) in [5.74, 6) is 0.559. The molecule has 1 aliphatic heterocycles. The molecule has 2 heterocycles. The van der Waals surface area contributed by atoms with Gasteiger partial charge in [-0.05, 0) is 24.3 Å². The van der Waals surface area contributed by atoms with Gasteiger partial charge in [-0.3, -0.25) is 4.79 Å². The van der Waals surface area contributed by atoms with E-state index >= 15 is 0 Å². The summed E-state index contributed by atoms with van der Waals surface area (Å²) in [5.41, 5.74) is 0.392. The highest BCUT2D eigenvalue weighted by molar-refractivity contribution is 7.89. The standard InChI is InChI=1S/C17H22N4O5S/c1-11(2)16-19-20-17(26-16)14-10-21(8-9-25-14)27(23,24)13-6-4-12(5-7-13)15(22)18-3/h4-7,11,14H,8-10H2,1-3H3,(H,18,22). The van der Waals surface area contributed by atoms with Crippen LogP contribution < -0.4 is 5.32 Å². The first kappa shape index (κ1) is 19.5. The van der Waals surface area contributed by atoms with E-state index in [4.69, 9.17) is 9.15 Å². The van der Waals surface area contributed by atoms with Crippen LogP contribution in [0.3, 0.4) is 0 Å². The predicted molar refractivity (Wildman–Crippen MR) is 95.7 cm³/mol. The topological polar surface area (TPSA) is 115 Å². The first-order valence-electron chi connectivity index (χ1n) is 8.60. The SMILES string of the molecule is CNC(=O)c1ccc(S(=O)(=O)N2CCOC(c3nnc(C(C)C)o3)C2)cc1. The smallest absolute Gasteiger partial charge is 0.251 e. The largest absolute Gasteiger partial charge is 0.422 e. The fourth-order valence-electron chi connectivity index (χ4n) is 2.68. The maximum atomic E-state index is 12.9. The minimum atomic E-state index is -3.73. The molecule has 0 spiro atoms. The van der Waals surface area contributed by atoms with Gasteiger partial charge in [-0.2, -0.15) is 4.31 Å². The minimum absolute atomic E-state index is 0.0773. The van der Waals surface area contributed by atoms with Crippen LogP contribution in [0.25, 0.3) is 0 Å². The lowest BCUT2D eigenvalue weighted by Crippen LogP contribution is -2.42. The highest BCUT2D eigenvalue weighted by Crippen LogP contribution is 2.27. The number of hydrogen-bond acceptors (Lipinski definition) is 7. The Kier molecular flexibility index (Phi) is 5.59. The van der Waals surface area contributed by atoms with Crippen molar-refractivity contribution in [1.29, 1.82) is 0 Å². The molecule has 10 heteroatoms. The summed E-state index contributed by atoms with van der Waals surface area (Å²) in [6.07, 6.45) is -0.612. The molecule has 2 aromatic rings. The molecule has 1 aliphatic rings. The van der Waals surface area contributed by atoms with Crippen LogP contribution in [0.5, 0.6) is 0 Å². The molecule has 0 saturated carbocycles. The van der Waals surface area contributed by atoms with E-state index < -0.39 is 16.1 Å². The van der Waals surface area contributed by atoms with Gasteiger partial charge in [0.25, 0.3) is 5.91 Å². The first-order chi connectivity index (χ1) is 12.8. The number of carbonyl (C=O) groups is 1. The molecule has 0 radical (unpaired) electrons. The third-order valence-corrected chi connectivity index (χ3v) is 6.12. The van der Waals surface area contributed by atoms with Crippen molar-refractivity contribution in [2.24, 2.45) is 0 Å². The summed E-state index contributed by atoms with van der Waals surface area (Å²) in [6, 6.07) is 5.81. The van der Waals surface area contributed by atoms with Gasteiger partial charge in [0.15, 0.2) is 0 Å². The molecule has 1 atom stereocenters. The molecular weight excluding hydrogens is 372 g/mol. The number of nitrogens with one attached hydrogen (secondary N) is 1. The van der Waals surface area contributed by atoms with E-state index in [1.807, 2.05) is 13.8 Å². The van der Waals surface area contributed by atoms with Crippen molar-refractivity contribution in [1.82, 2.24) is 19.8 Å². The van der Waals surface area contributed by atoms with Crippen LogP contribution in [0.2, 0.25) is 0 Å². The number of aromatic nitrogens is 2. The van der Waals surface area contributed by atoms with Gasteiger partial charge in [-0.15, -0.1) is 10.2 Å². The summed E-state index contributed by atoms with van der Waals surface area (Å²) >= 11 is 0. The molecule has 1 aromatic carbocycles. The summed E-state index contributed by atoms with van der Waals surface area (Å²) in [4.78, 5) is 11.7. The lowest BCUT2D eigenvalue weighted by Gasteiger charge is -2.30. The summed E-state index contributed by atoms with van der Waals surface area (Å²) in [7, 11) is -2.21. The molecule has 9 nitrogen and oxygen atoms in total. The summed E-state index contributed by atoms with van der Waals surface area (Å²) in [5, 5.41) is 10.4. The van der Waals surface area contributed by atoms with Crippen LogP contribution in [0.15, 0.2) is 33.6 Å². The zero-order valence-electron chi connectivity index (χ0n) is 15.4. The van der Waals surface area contributed by atoms with E-state index in [0.717, 1.165) is 0 Å². The van der Waals surface area contributed by atoms with Gasteiger partial charge < -0.3 is 14.5 Å². The number of rotatable bonds is 5. The van der Waals surface area contributed by atoms with E-state index in [2.05, 4.69) is 15.5 Å². The molecule has 1 fully saturated rings. The molecule has 27 heavy (non-hydrogen) atoms. The fourth-order valence-corrected chi connectivity index (χ4v) is 4.10. The van der Waals surface area contributed by atoms with Gasteiger partial charge in [0, 0.05) is 31.6 Å². The maximum Gasteiger partial charge on any atom is 0.251 e. The van der Waals surface area contributed by atoms with Crippen molar-refractivity contribution >= 4 is 15.9 Å². The maximum absolute atomic E-state index is 12.9. The Bertz CT molecular complexity index is 908. The van der Waals surface area contributed by atoms with Crippen LogP contribution in [-0.4, -0.2) is 55.6 Å². The fraction of sp³-hybridized carbons (Fsp3) is 0.471. The average molecular weight is 394 g/mol. The summed E-state index contributed by atoms with van der Waals surface area (Å²) < 4.78 is 38.4. The van der Waals surface area contributed by atoms with Crippen molar-refractivity contribution in [3.8, 4) is 0 Å². The Labute approximate surface area is 157 Å². The Morgan fingerprint density at radius 2 is 1.96 bits per heavy atom. The van der Waals surface area contributed by atoms with Crippen molar-refractivity contribution in [2.75, 3.05) is 26.7 Å². The quantitative estimate of drug-likeness (QED) is 0.813. The van der Waals surface area contributed by atoms with Gasteiger partial charge in [0.2, 0.25) is 21.8 Å². The second kappa shape index (κ2) is 7.75. The number of hydrogen-bond donors (Lipinski definition) is 1. The molecule has 146 valence electrons. The van der Waals surface area contributed by atoms with E-state index in [-0.39, 0.29) is 42.3 Å². The van der Waals surface area contributed by atoms with E-state index in [1.165, 1.54) is 35.6 Å². The molecule has 1 amide bonds. The number of ether oxygens (including phenoxy) is 1. The van der Waals surface area contributed by atoms with E-state index in [0.29, 0.717) is 11.5 Å². The molecule has 1 unspecified atom stereocenters.